The summed E-state index contributed by atoms with van der Waals surface area (Å²) in [5.41, 5.74) is 1.63. The van der Waals surface area contributed by atoms with Gasteiger partial charge in [0.2, 0.25) is 0 Å². The zero-order valence-corrected chi connectivity index (χ0v) is 21.0. The van der Waals surface area contributed by atoms with Gasteiger partial charge in [-0.25, -0.2) is 4.98 Å². The van der Waals surface area contributed by atoms with E-state index in [-0.39, 0.29) is 35.3 Å². The Morgan fingerprint density at radius 1 is 1.19 bits per heavy atom. The van der Waals surface area contributed by atoms with Crippen molar-refractivity contribution in [1.82, 2.24) is 4.98 Å². The molecule has 1 aromatic heterocycles. The predicted molar refractivity (Wildman–Crippen MR) is 115 cm³/mol. The summed E-state index contributed by atoms with van der Waals surface area (Å²) >= 11 is 6.72. The molecule has 11 heteroatoms. The maximum absolute atomic E-state index is 10.8. The van der Waals surface area contributed by atoms with Crippen molar-refractivity contribution in [3.05, 3.63) is 45.5 Å². The Balaban J connectivity index is 0.00000364. The molecule has 1 radical (unpaired) electrons. The summed E-state index contributed by atoms with van der Waals surface area (Å²) in [6.07, 6.45) is 2.01. The van der Waals surface area contributed by atoms with Crippen molar-refractivity contribution in [3.8, 4) is 0 Å². The first kappa shape index (κ1) is 24.7. The molecule has 0 aliphatic carbocycles. The van der Waals surface area contributed by atoms with Crippen LogP contribution < -0.4 is 4.90 Å². The zero-order valence-electron chi connectivity index (χ0n) is 15.0. The first-order valence-electron chi connectivity index (χ1n) is 7.81. The summed E-state index contributed by atoms with van der Waals surface area (Å²) < 4.78 is 32.0. The number of pyridine rings is 1. The van der Waals surface area contributed by atoms with Crippen LogP contribution in [0.5, 0.6) is 0 Å². The fraction of sp³-hybridized carbons (Fsp3) is 0.312. The van der Waals surface area contributed by atoms with Crippen molar-refractivity contribution < 1.29 is 13.0 Å². The molecule has 2 rings (SSSR count). The molecule has 0 amide bonds. The van der Waals surface area contributed by atoms with E-state index in [1.54, 1.807) is 6.20 Å². The van der Waals surface area contributed by atoms with Crippen molar-refractivity contribution in [3.63, 3.8) is 0 Å². The van der Waals surface area contributed by atoms with Gasteiger partial charge in [-0.2, -0.15) is 8.42 Å². The fourth-order valence-electron chi connectivity index (χ4n) is 2.22. The van der Waals surface area contributed by atoms with Gasteiger partial charge in [-0.05, 0) is 75.5 Å². The van der Waals surface area contributed by atoms with E-state index in [9.17, 15) is 8.42 Å². The number of hydrogen-bond donors (Lipinski definition) is 1. The van der Waals surface area contributed by atoms with Crippen LogP contribution in [0.3, 0.4) is 0 Å². The van der Waals surface area contributed by atoms with E-state index in [2.05, 4.69) is 47.1 Å². The van der Waals surface area contributed by atoms with Gasteiger partial charge >= 0.3 is 0 Å². The second-order valence-electron chi connectivity index (χ2n) is 5.39. The minimum absolute atomic E-state index is 0. The van der Waals surface area contributed by atoms with Gasteiger partial charge < -0.3 is 4.90 Å². The van der Waals surface area contributed by atoms with E-state index in [1.807, 2.05) is 42.2 Å². The third kappa shape index (κ3) is 8.68. The predicted octanol–water partition coefficient (Wildman–Crippen LogP) is 4.75. The van der Waals surface area contributed by atoms with Crippen LogP contribution in [0.1, 0.15) is 13.3 Å². The number of halogens is 2. The van der Waals surface area contributed by atoms with Crippen LogP contribution in [0.15, 0.2) is 55.7 Å². The minimum Gasteiger partial charge on any atom is -0.372 e. The Kier molecular flexibility index (Phi) is 10.6. The Hall–Kier alpha value is -0.360. The first-order valence-corrected chi connectivity index (χ1v) is 11.0. The summed E-state index contributed by atoms with van der Waals surface area (Å²) in [6.45, 7) is 3.24. The summed E-state index contributed by atoms with van der Waals surface area (Å²) in [4.78, 5) is 6.20. The van der Waals surface area contributed by atoms with Gasteiger partial charge in [0.05, 0.1) is 15.9 Å². The average molecular weight is 529 g/mol. The number of anilines is 1. The van der Waals surface area contributed by atoms with E-state index >= 15 is 0 Å². The molecule has 0 spiro atoms. The molecule has 141 valence electrons. The van der Waals surface area contributed by atoms with Crippen molar-refractivity contribution in [2.45, 2.75) is 13.3 Å². The van der Waals surface area contributed by atoms with Gasteiger partial charge in [0.15, 0.2) is 5.82 Å². The number of rotatable bonds is 8. The molecule has 0 saturated heterocycles. The van der Waals surface area contributed by atoms with Crippen molar-refractivity contribution in [2.24, 2.45) is 10.2 Å². The van der Waals surface area contributed by atoms with Crippen LogP contribution >= 0.6 is 31.9 Å². The molecule has 0 atom stereocenters. The molecule has 0 bridgehead atoms. The maximum atomic E-state index is 10.8. The summed E-state index contributed by atoms with van der Waals surface area (Å²) in [6, 6.07) is 9.30. The second kappa shape index (κ2) is 11.6. The van der Waals surface area contributed by atoms with Gasteiger partial charge in [0, 0.05) is 59.0 Å². The molecule has 1 aromatic carbocycles. The summed E-state index contributed by atoms with van der Waals surface area (Å²) in [7, 11) is -3.92. The molecular weight excluding hydrogens is 511 g/mol. The average Bonchev–Trinajstić information content (AvgIpc) is 2.58. The number of nitrogens with zero attached hydrogens (tertiary/aromatic N) is 4. The van der Waals surface area contributed by atoms with Gasteiger partial charge in [-0.3, -0.25) is 4.55 Å². The van der Waals surface area contributed by atoms with Crippen LogP contribution in [0.2, 0.25) is 0 Å². The van der Waals surface area contributed by atoms with Crippen LogP contribution in [0.4, 0.5) is 17.2 Å². The molecular formula is C16H18Br2N4NaO3S. The van der Waals surface area contributed by atoms with Crippen LogP contribution in [0.25, 0.3) is 0 Å². The molecule has 0 unspecified atom stereocenters. The van der Waals surface area contributed by atoms with Crippen molar-refractivity contribution >= 4 is 88.7 Å². The molecule has 0 saturated carbocycles. The monoisotopic (exact) mass is 527 g/mol. The standard InChI is InChI=1S/C16H18Br2N4O3S.Na/c1-2-22(8-3-9-26(23,24)25)14-6-4-13(5-7-14)20-21-16-15(18)10-12(17)11-19-16;/h4-7,10-11H,2-3,8-9H2,1H3,(H,23,24,25);. The minimum atomic E-state index is -3.92. The molecule has 0 fully saturated rings. The quantitative estimate of drug-likeness (QED) is 0.303. The van der Waals surface area contributed by atoms with Gasteiger partial charge in [0.25, 0.3) is 10.1 Å². The molecule has 0 aliphatic heterocycles. The van der Waals surface area contributed by atoms with E-state index in [4.69, 9.17) is 4.55 Å². The Bertz CT molecular complexity index is 880. The molecule has 7 nitrogen and oxygen atoms in total. The van der Waals surface area contributed by atoms with Crippen molar-refractivity contribution in [1.29, 1.82) is 0 Å². The van der Waals surface area contributed by atoms with Crippen molar-refractivity contribution in [2.75, 3.05) is 23.7 Å². The molecule has 2 aromatic rings. The number of azo groups is 1. The maximum Gasteiger partial charge on any atom is 0.264 e. The summed E-state index contributed by atoms with van der Waals surface area (Å²) in [5, 5.41) is 8.30. The van der Waals surface area contributed by atoms with E-state index in [1.165, 1.54) is 0 Å². The zero-order chi connectivity index (χ0) is 19.2. The van der Waals surface area contributed by atoms with Crippen LogP contribution in [-0.4, -0.2) is 66.4 Å². The normalized spacial score (nSPS) is 11.4. The molecule has 0 aliphatic rings. The van der Waals surface area contributed by atoms with Crippen LogP contribution in [-0.2, 0) is 10.1 Å². The van der Waals surface area contributed by atoms with Gasteiger partial charge in [-0.15, -0.1) is 10.2 Å². The SMILES string of the molecule is CCN(CCCS(=O)(=O)O)c1ccc(N=Nc2ncc(Br)cc2Br)cc1.[Na]. The largest absolute Gasteiger partial charge is 0.372 e. The van der Waals surface area contributed by atoms with Gasteiger partial charge in [0.1, 0.15) is 0 Å². The molecule has 27 heavy (non-hydrogen) atoms. The van der Waals surface area contributed by atoms with Crippen LogP contribution in [0, 0.1) is 0 Å². The van der Waals surface area contributed by atoms with Gasteiger partial charge in [-0.1, -0.05) is 0 Å². The Labute approximate surface area is 198 Å². The Morgan fingerprint density at radius 2 is 1.85 bits per heavy atom. The topological polar surface area (TPSA) is 95.2 Å². The second-order valence-corrected chi connectivity index (χ2v) is 8.74. The third-order valence-corrected chi connectivity index (χ3v) is 5.30. The van der Waals surface area contributed by atoms with E-state index in [0.29, 0.717) is 24.5 Å². The third-order valence-electron chi connectivity index (χ3n) is 3.48. The van der Waals surface area contributed by atoms with E-state index in [0.717, 1.165) is 21.2 Å². The Morgan fingerprint density at radius 3 is 2.41 bits per heavy atom. The first-order chi connectivity index (χ1) is 12.3. The number of aromatic nitrogens is 1. The smallest absolute Gasteiger partial charge is 0.264 e. The van der Waals surface area contributed by atoms with E-state index < -0.39 is 10.1 Å². The summed E-state index contributed by atoms with van der Waals surface area (Å²) in [5.74, 6) is 0.239. The number of hydrogen-bond acceptors (Lipinski definition) is 6. The molecule has 1 heterocycles. The fourth-order valence-corrected chi connectivity index (χ4v) is 3.78. The molecule has 1 N–H and O–H groups in total. The number of benzene rings is 1.